The molecule has 0 radical (unpaired) electrons. The van der Waals surface area contributed by atoms with Gasteiger partial charge in [0.2, 0.25) is 11.8 Å². The Bertz CT molecular complexity index is 856. The Morgan fingerprint density at radius 2 is 1.79 bits per heavy atom. The molecule has 6 heteroatoms. The number of rotatable bonds is 5. The van der Waals surface area contributed by atoms with E-state index in [1.165, 1.54) is 6.08 Å². The summed E-state index contributed by atoms with van der Waals surface area (Å²) in [5.41, 5.74) is 2.32. The second kappa shape index (κ2) is 9.53. The molecule has 0 atom stereocenters. The van der Waals surface area contributed by atoms with Gasteiger partial charge in [-0.1, -0.05) is 41.9 Å². The molecule has 5 nitrogen and oxygen atoms in total. The van der Waals surface area contributed by atoms with Crippen molar-refractivity contribution in [1.29, 1.82) is 0 Å². The fraction of sp³-hybridized carbons (Fsp3) is 0.273. The first-order valence-corrected chi connectivity index (χ1v) is 9.67. The third-order valence-electron chi connectivity index (χ3n) is 4.71. The zero-order valence-corrected chi connectivity index (χ0v) is 16.2. The molecular formula is C22H23ClN2O3. The van der Waals surface area contributed by atoms with Crippen molar-refractivity contribution in [1.82, 2.24) is 4.90 Å². The van der Waals surface area contributed by atoms with E-state index in [4.69, 9.17) is 11.6 Å². The Labute approximate surface area is 169 Å². The van der Waals surface area contributed by atoms with Gasteiger partial charge in [0.25, 0.3) is 0 Å². The van der Waals surface area contributed by atoms with Crippen LogP contribution in [0.3, 0.4) is 0 Å². The Kier molecular flexibility index (Phi) is 6.85. The molecule has 0 saturated carbocycles. The molecule has 0 aliphatic carbocycles. The van der Waals surface area contributed by atoms with E-state index in [0.29, 0.717) is 43.1 Å². The maximum Gasteiger partial charge on any atom is 0.248 e. The van der Waals surface area contributed by atoms with Crippen LogP contribution in [0.25, 0.3) is 6.08 Å². The number of aliphatic hydroxyl groups excluding tert-OH is 1. The largest absolute Gasteiger partial charge is 0.393 e. The molecular weight excluding hydrogens is 376 g/mol. The fourth-order valence-corrected chi connectivity index (χ4v) is 3.27. The van der Waals surface area contributed by atoms with Crippen LogP contribution in [0.5, 0.6) is 0 Å². The third-order valence-corrected chi connectivity index (χ3v) is 5.06. The van der Waals surface area contributed by atoms with Gasteiger partial charge in [-0.3, -0.25) is 9.59 Å². The van der Waals surface area contributed by atoms with Crippen LogP contribution in [0.1, 0.15) is 24.0 Å². The van der Waals surface area contributed by atoms with Crippen LogP contribution in [-0.4, -0.2) is 41.0 Å². The number of amides is 2. The molecule has 1 fully saturated rings. The highest BCUT2D eigenvalue weighted by Crippen LogP contribution is 2.17. The molecule has 1 saturated heterocycles. The van der Waals surface area contributed by atoms with E-state index in [1.807, 2.05) is 30.3 Å². The van der Waals surface area contributed by atoms with E-state index in [9.17, 15) is 14.7 Å². The van der Waals surface area contributed by atoms with Crippen molar-refractivity contribution >= 4 is 35.2 Å². The van der Waals surface area contributed by atoms with E-state index in [-0.39, 0.29) is 17.9 Å². The number of halogens is 1. The van der Waals surface area contributed by atoms with Crippen molar-refractivity contribution in [3.05, 3.63) is 70.8 Å². The summed E-state index contributed by atoms with van der Waals surface area (Å²) in [5.74, 6) is -0.193. The number of aliphatic hydroxyl groups is 1. The van der Waals surface area contributed by atoms with Gasteiger partial charge in [0.1, 0.15) is 0 Å². The third kappa shape index (κ3) is 5.68. The number of benzene rings is 2. The second-order valence-electron chi connectivity index (χ2n) is 6.83. The maximum atomic E-state index is 12.3. The minimum atomic E-state index is -0.293. The van der Waals surface area contributed by atoms with Crippen molar-refractivity contribution in [2.45, 2.75) is 25.4 Å². The second-order valence-corrected chi connectivity index (χ2v) is 7.24. The first-order chi connectivity index (χ1) is 13.5. The van der Waals surface area contributed by atoms with Gasteiger partial charge in [-0.25, -0.2) is 0 Å². The highest BCUT2D eigenvalue weighted by molar-refractivity contribution is 6.32. The van der Waals surface area contributed by atoms with Crippen LogP contribution in [0.15, 0.2) is 54.6 Å². The number of carbonyl (C=O) groups excluding carboxylic acids is 2. The van der Waals surface area contributed by atoms with Crippen molar-refractivity contribution in [3.8, 4) is 0 Å². The molecule has 2 aromatic rings. The van der Waals surface area contributed by atoms with Gasteiger partial charge in [0.05, 0.1) is 12.5 Å². The zero-order valence-electron chi connectivity index (χ0n) is 15.5. The molecule has 28 heavy (non-hydrogen) atoms. The lowest BCUT2D eigenvalue weighted by Crippen LogP contribution is -2.40. The van der Waals surface area contributed by atoms with Gasteiger partial charge in [0, 0.05) is 29.9 Å². The zero-order chi connectivity index (χ0) is 19.9. The van der Waals surface area contributed by atoms with Gasteiger partial charge in [-0.15, -0.1) is 0 Å². The summed E-state index contributed by atoms with van der Waals surface area (Å²) < 4.78 is 0. The van der Waals surface area contributed by atoms with E-state index >= 15 is 0 Å². The van der Waals surface area contributed by atoms with Crippen molar-refractivity contribution < 1.29 is 14.7 Å². The lowest BCUT2D eigenvalue weighted by molar-refractivity contribution is -0.132. The van der Waals surface area contributed by atoms with Crippen LogP contribution in [0.2, 0.25) is 5.02 Å². The molecule has 0 unspecified atom stereocenters. The van der Waals surface area contributed by atoms with Gasteiger partial charge in [-0.2, -0.15) is 0 Å². The monoisotopic (exact) mass is 398 g/mol. The summed E-state index contributed by atoms with van der Waals surface area (Å²) in [4.78, 5) is 26.2. The van der Waals surface area contributed by atoms with E-state index in [1.54, 1.807) is 29.2 Å². The van der Waals surface area contributed by atoms with Crippen molar-refractivity contribution in [3.63, 3.8) is 0 Å². The molecule has 2 aromatic carbocycles. The van der Waals surface area contributed by atoms with Gasteiger partial charge in [0.15, 0.2) is 0 Å². The van der Waals surface area contributed by atoms with Gasteiger partial charge in [-0.05, 0) is 48.2 Å². The first-order valence-electron chi connectivity index (χ1n) is 9.29. The average molecular weight is 399 g/mol. The van der Waals surface area contributed by atoms with E-state index in [2.05, 4.69) is 5.32 Å². The Morgan fingerprint density at radius 1 is 1.11 bits per heavy atom. The lowest BCUT2D eigenvalue weighted by atomic mass is 10.1. The van der Waals surface area contributed by atoms with Crippen molar-refractivity contribution in [2.24, 2.45) is 0 Å². The average Bonchev–Trinajstić information content (AvgIpc) is 2.69. The molecule has 1 heterocycles. The lowest BCUT2D eigenvalue weighted by Gasteiger charge is -2.29. The number of carbonyl (C=O) groups is 2. The Morgan fingerprint density at radius 3 is 2.46 bits per heavy atom. The molecule has 0 bridgehead atoms. The smallest absolute Gasteiger partial charge is 0.248 e. The van der Waals surface area contributed by atoms with Crippen LogP contribution in [-0.2, 0) is 16.0 Å². The number of nitrogens with zero attached hydrogens (tertiary/aromatic N) is 1. The number of likely N-dealkylation sites (tertiary alicyclic amines) is 1. The fourth-order valence-electron chi connectivity index (χ4n) is 3.07. The minimum Gasteiger partial charge on any atom is -0.393 e. The highest BCUT2D eigenvalue weighted by Gasteiger charge is 2.21. The normalized spacial score (nSPS) is 15.0. The summed E-state index contributed by atoms with van der Waals surface area (Å²) >= 11 is 6.06. The molecule has 146 valence electrons. The van der Waals surface area contributed by atoms with Crippen LogP contribution in [0, 0.1) is 0 Å². The minimum absolute atomic E-state index is 0.0614. The molecule has 3 rings (SSSR count). The van der Waals surface area contributed by atoms with Crippen molar-refractivity contribution in [2.75, 3.05) is 18.4 Å². The predicted octanol–water partition coefficient (Wildman–Crippen LogP) is 3.52. The summed E-state index contributed by atoms with van der Waals surface area (Å²) in [7, 11) is 0. The summed E-state index contributed by atoms with van der Waals surface area (Å²) in [6.45, 7) is 1.21. The summed E-state index contributed by atoms with van der Waals surface area (Å²) in [5, 5.41) is 12.9. The Balaban J connectivity index is 1.52. The summed E-state index contributed by atoms with van der Waals surface area (Å²) in [6.07, 6.45) is 4.40. The predicted molar refractivity (Wildman–Crippen MR) is 111 cm³/mol. The van der Waals surface area contributed by atoms with Crippen LogP contribution in [0.4, 0.5) is 5.69 Å². The van der Waals surface area contributed by atoms with E-state index < -0.39 is 0 Å². The molecule has 2 amide bonds. The molecule has 0 aromatic heterocycles. The molecule has 1 aliphatic heterocycles. The topological polar surface area (TPSA) is 69.6 Å². The number of hydrogen-bond acceptors (Lipinski definition) is 3. The number of piperidine rings is 1. The number of hydrogen-bond donors (Lipinski definition) is 2. The van der Waals surface area contributed by atoms with Gasteiger partial charge < -0.3 is 15.3 Å². The van der Waals surface area contributed by atoms with Crippen LogP contribution >= 0.6 is 11.6 Å². The molecule has 0 spiro atoms. The number of nitrogens with one attached hydrogen (secondary N) is 1. The highest BCUT2D eigenvalue weighted by atomic mass is 35.5. The van der Waals surface area contributed by atoms with E-state index in [0.717, 1.165) is 11.1 Å². The quantitative estimate of drug-likeness (QED) is 0.757. The van der Waals surface area contributed by atoms with Gasteiger partial charge >= 0.3 is 0 Å². The number of anilines is 1. The first kappa shape index (κ1) is 20.1. The standard InChI is InChI=1S/C22H23ClN2O3/c23-20-4-2-1-3-17(20)7-10-21(27)24-18-8-5-16(6-9-18)15-22(28)25-13-11-19(26)12-14-25/h1-10,19,26H,11-15H2,(H,24,27)/b10-7+. The summed E-state index contributed by atoms with van der Waals surface area (Å²) in [6, 6.07) is 14.5. The molecule has 2 N–H and O–H groups in total. The van der Waals surface area contributed by atoms with Crippen LogP contribution < -0.4 is 5.32 Å². The maximum absolute atomic E-state index is 12.3. The molecule has 1 aliphatic rings. The Hall–Kier alpha value is -2.63. The SMILES string of the molecule is O=C(/C=C/c1ccccc1Cl)Nc1ccc(CC(=O)N2CCC(O)CC2)cc1.